The number of benzene rings is 1. The minimum Gasteiger partial charge on any atom is -0.405 e. The van der Waals surface area contributed by atoms with Gasteiger partial charge in [0.2, 0.25) is 17.8 Å². The fourth-order valence-corrected chi connectivity index (χ4v) is 3.32. The van der Waals surface area contributed by atoms with Crippen molar-refractivity contribution in [2.24, 2.45) is 0 Å². The lowest BCUT2D eigenvalue weighted by atomic mass is 10.1. The number of piperidine rings is 1. The summed E-state index contributed by atoms with van der Waals surface area (Å²) in [6.07, 6.45) is -3.64. The van der Waals surface area contributed by atoms with Crippen molar-refractivity contribution >= 4 is 29.2 Å². The number of aromatic nitrogens is 4. The van der Waals surface area contributed by atoms with Gasteiger partial charge in [-0.05, 0) is 37.1 Å². The van der Waals surface area contributed by atoms with Crippen LogP contribution >= 0.6 is 11.6 Å². The van der Waals surface area contributed by atoms with E-state index in [0.29, 0.717) is 19.5 Å². The molecule has 1 aromatic carbocycles. The number of hydrogen-bond donors (Lipinski definition) is 2. The van der Waals surface area contributed by atoms with E-state index in [4.69, 9.17) is 16.3 Å². The van der Waals surface area contributed by atoms with Crippen LogP contribution in [0, 0.1) is 0 Å². The lowest BCUT2D eigenvalue weighted by Crippen LogP contribution is -2.39. The van der Waals surface area contributed by atoms with Crippen molar-refractivity contribution in [1.82, 2.24) is 19.9 Å². The van der Waals surface area contributed by atoms with Crippen LogP contribution in [0.5, 0.6) is 11.9 Å². The first kappa shape index (κ1) is 22.0. The van der Waals surface area contributed by atoms with Crippen LogP contribution in [-0.2, 0) is 6.18 Å². The maximum atomic E-state index is 13.1. The molecule has 3 heterocycles. The molecule has 1 aliphatic rings. The van der Waals surface area contributed by atoms with Crippen LogP contribution in [0.2, 0.25) is 5.15 Å². The number of anilines is 3. The van der Waals surface area contributed by atoms with Gasteiger partial charge in [-0.2, -0.15) is 28.1 Å². The molecule has 2 N–H and O–H groups in total. The van der Waals surface area contributed by atoms with Gasteiger partial charge in [0, 0.05) is 24.8 Å². The second kappa shape index (κ2) is 9.13. The summed E-state index contributed by atoms with van der Waals surface area (Å²) in [5, 5.41) is 13.0. The van der Waals surface area contributed by atoms with Crippen LogP contribution in [-0.4, -0.2) is 44.2 Å². The molecule has 4 rings (SSSR count). The van der Waals surface area contributed by atoms with Crippen molar-refractivity contribution in [2.45, 2.75) is 25.1 Å². The molecule has 0 unspecified atom stereocenters. The van der Waals surface area contributed by atoms with Crippen LogP contribution < -0.4 is 15.0 Å². The first-order valence-electron chi connectivity index (χ1n) is 9.70. The number of nitrogens with one attached hydrogen (secondary N) is 1. The molecule has 0 spiro atoms. The van der Waals surface area contributed by atoms with Gasteiger partial charge in [-0.15, -0.1) is 0 Å². The molecule has 12 heteroatoms. The Balaban J connectivity index is 1.66. The molecule has 1 saturated heterocycles. The molecule has 2 aromatic heterocycles. The Kier molecular flexibility index (Phi) is 6.28. The van der Waals surface area contributed by atoms with Crippen molar-refractivity contribution < 1.29 is 23.0 Å². The molecule has 0 aliphatic carbocycles. The fraction of sp³-hybridized carbons (Fsp3) is 0.300. The number of nitrogens with zero attached hydrogens (tertiary/aromatic N) is 5. The quantitative estimate of drug-likeness (QED) is 0.533. The maximum Gasteiger partial charge on any atom is 0.416 e. The van der Waals surface area contributed by atoms with Crippen LogP contribution in [0.1, 0.15) is 18.4 Å². The van der Waals surface area contributed by atoms with Gasteiger partial charge in [-0.25, -0.2) is 4.98 Å². The van der Waals surface area contributed by atoms with Crippen molar-refractivity contribution in [2.75, 3.05) is 23.3 Å². The zero-order valence-corrected chi connectivity index (χ0v) is 17.3. The molecular formula is C20H18ClF3N6O2. The number of alkyl halides is 3. The summed E-state index contributed by atoms with van der Waals surface area (Å²) in [5.74, 6) is 0.329. The number of aliphatic hydroxyl groups excluding tert-OH is 1. The van der Waals surface area contributed by atoms with Gasteiger partial charge in [0.1, 0.15) is 5.15 Å². The number of pyridine rings is 1. The smallest absolute Gasteiger partial charge is 0.405 e. The second-order valence-electron chi connectivity index (χ2n) is 7.09. The Morgan fingerprint density at radius 2 is 1.91 bits per heavy atom. The van der Waals surface area contributed by atoms with E-state index in [-0.39, 0.29) is 34.6 Å². The summed E-state index contributed by atoms with van der Waals surface area (Å²) in [6, 6.07) is 9.30. The van der Waals surface area contributed by atoms with Gasteiger partial charge in [0.25, 0.3) is 0 Å². The lowest BCUT2D eigenvalue weighted by molar-refractivity contribution is -0.137. The summed E-state index contributed by atoms with van der Waals surface area (Å²) in [5.41, 5.74) is -0.669. The van der Waals surface area contributed by atoms with Crippen molar-refractivity contribution in [3.05, 3.63) is 53.2 Å². The number of halogens is 4. The molecule has 0 saturated carbocycles. The van der Waals surface area contributed by atoms with E-state index >= 15 is 0 Å². The predicted octanol–water partition coefficient (Wildman–Crippen LogP) is 4.44. The average Bonchev–Trinajstić information content (AvgIpc) is 2.73. The highest BCUT2D eigenvalue weighted by Gasteiger charge is 2.30. The third-order valence-electron chi connectivity index (χ3n) is 4.61. The Labute approximate surface area is 186 Å². The van der Waals surface area contributed by atoms with E-state index < -0.39 is 17.8 Å². The Morgan fingerprint density at radius 3 is 2.66 bits per heavy atom. The van der Waals surface area contributed by atoms with Gasteiger partial charge in [-0.1, -0.05) is 23.7 Å². The lowest BCUT2D eigenvalue weighted by Gasteiger charge is -2.30. The molecule has 8 nitrogen and oxygen atoms in total. The average molecular weight is 467 g/mol. The van der Waals surface area contributed by atoms with Crippen LogP contribution in [0.4, 0.5) is 30.8 Å². The molecule has 3 aromatic rings. The van der Waals surface area contributed by atoms with Crippen molar-refractivity contribution in [3.63, 3.8) is 0 Å². The number of β-amino-alcohol motifs (C(OH)–C–C–N with tert-alkyl or cyclic N) is 1. The molecule has 1 fully saturated rings. The fourth-order valence-electron chi connectivity index (χ4n) is 3.17. The topological polar surface area (TPSA) is 96.3 Å². The second-order valence-corrected chi connectivity index (χ2v) is 7.48. The Bertz CT molecular complexity index is 1100. The summed E-state index contributed by atoms with van der Waals surface area (Å²) in [4.78, 5) is 18.5. The van der Waals surface area contributed by atoms with Gasteiger partial charge >= 0.3 is 12.2 Å². The van der Waals surface area contributed by atoms with Crippen LogP contribution in [0.3, 0.4) is 0 Å². The molecule has 1 aliphatic heterocycles. The summed E-state index contributed by atoms with van der Waals surface area (Å²) < 4.78 is 44.8. The SMILES string of the molecule is O[C@H]1CCCN(c2nc(Nc3cccc(C(F)(F)F)c3)nc(Oc3cccc(Cl)n3)n2)C1. The normalized spacial score (nSPS) is 16.7. The summed E-state index contributed by atoms with van der Waals surface area (Å²) in [6.45, 7) is 0.904. The molecule has 0 bridgehead atoms. The van der Waals surface area contributed by atoms with E-state index in [9.17, 15) is 18.3 Å². The number of aliphatic hydroxyl groups is 1. The highest BCUT2D eigenvalue weighted by molar-refractivity contribution is 6.29. The monoisotopic (exact) mass is 466 g/mol. The molecule has 32 heavy (non-hydrogen) atoms. The highest BCUT2D eigenvalue weighted by atomic mass is 35.5. The van der Waals surface area contributed by atoms with Gasteiger partial charge < -0.3 is 20.1 Å². The largest absolute Gasteiger partial charge is 0.416 e. The summed E-state index contributed by atoms with van der Waals surface area (Å²) in [7, 11) is 0. The van der Waals surface area contributed by atoms with Crippen LogP contribution in [0.15, 0.2) is 42.5 Å². The first-order chi connectivity index (χ1) is 15.3. The predicted molar refractivity (Wildman–Crippen MR) is 111 cm³/mol. The first-order valence-corrected chi connectivity index (χ1v) is 10.1. The Hall–Kier alpha value is -3.18. The maximum absolute atomic E-state index is 13.1. The molecular weight excluding hydrogens is 449 g/mol. The highest BCUT2D eigenvalue weighted by Crippen LogP contribution is 2.31. The summed E-state index contributed by atoms with van der Waals surface area (Å²) >= 11 is 5.89. The van der Waals surface area contributed by atoms with Gasteiger partial charge in [0.05, 0.1) is 11.7 Å². The third kappa shape index (κ3) is 5.54. The molecule has 0 radical (unpaired) electrons. The number of ether oxygens (including phenoxy) is 1. The minimum absolute atomic E-state index is 0.0218. The van der Waals surface area contributed by atoms with E-state index in [1.807, 2.05) is 0 Å². The zero-order chi connectivity index (χ0) is 22.7. The van der Waals surface area contributed by atoms with Crippen molar-refractivity contribution in [3.8, 4) is 11.9 Å². The van der Waals surface area contributed by atoms with E-state index in [0.717, 1.165) is 18.6 Å². The molecule has 0 amide bonds. The number of hydrogen-bond acceptors (Lipinski definition) is 8. The van der Waals surface area contributed by atoms with E-state index in [1.54, 1.807) is 23.1 Å². The zero-order valence-electron chi connectivity index (χ0n) is 16.6. The standard InChI is InChI=1S/C20H18ClF3N6O2/c21-15-7-2-8-16(26-15)32-19-28-17(25-13-5-1-4-12(10-13)20(22,23)24)27-18(29-19)30-9-3-6-14(31)11-30/h1-2,4-5,7-8,10,14,31H,3,6,9,11H2,(H,25,27,28,29)/t14-/m0/s1. The Morgan fingerprint density at radius 1 is 1.09 bits per heavy atom. The van der Waals surface area contributed by atoms with E-state index in [2.05, 4.69) is 25.3 Å². The van der Waals surface area contributed by atoms with Crippen molar-refractivity contribution in [1.29, 1.82) is 0 Å². The van der Waals surface area contributed by atoms with E-state index in [1.165, 1.54) is 12.1 Å². The molecule has 1 atom stereocenters. The van der Waals surface area contributed by atoms with Gasteiger partial charge in [0.15, 0.2) is 0 Å². The minimum atomic E-state index is -4.49. The third-order valence-corrected chi connectivity index (χ3v) is 4.82. The molecule has 168 valence electrons. The number of rotatable bonds is 5. The van der Waals surface area contributed by atoms with Crippen LogP contribution in [0.25, 0.3) is 0 Å². The van der Waals surface area contributed by atoms with Gasteiger partial charge in [-0.3, -0.25) is 0 Å².